The van der Waals surface area contributed by atoms with Gasteiger partial charge in [-0.2, -0.15) is 18.3 Å². The first kappa shape index (κ1) is 22.2. The van der Waals surface area contributed by atoms with Crippen LogP contribution in [-0.4, -0.2) is 57.5 Å². The number of halogens is 3. The van der Waals surface area contributed by atoms with Crippen LogP contribution in [0.2, 0.25) is 0 Å². The van der Waals surface area contributed by atoms with Crippen molar-refractivity contribution in [2.45, 2.75) is 20.0 Å². The molecule has 1 fully saturated rings. The summed E-state index contributed by atoms with van der Waals surface area (Å²) in [5.41, 5.74) is -0.479. The third-order valence-corrected chi connectivity index (χ3v) is 5.34. The smallest absolute Gasteiger partial charge is 0.362 e. The summed E-state index contributed by atoms with van der Waals surface area (Å²) in [4.78, 5) is 38.7. The molecular formula is C19H20F3N5O4. The largest absolute Gasteiger partial charge is 0.416 e. The molecule has 1 aliphatic heterocycles. The van der Waals surface area contributed by atoms with Crippen molar-refractivity contribution in [3.05, 3.63) is 50.8 Å². The van der Waals surface area contributed by atoms with E-state index >= 15 is 0 Å². The number of piperazine rings is 1. The predicted molar refractivity (Wildman–Crippen MR) is 104 cm³/mol. The molecule has 2 heterocycles. The van der Waals surface area contributed by atoms with Crippen LogP contribution in [-0.2, 0) is 18.0 Å². The Morgan fingerprint density at radius 1 is 1.13 bits per heavy atom. The number of hydrogen-bond donors (Lipinski definition) is 0. The number of Topliss-reactive ketones (excluding diaryl/α,β-unsaturated/α-hetero) is 1. The van der Waals surface area contributed by atoms with Crippen molar-refractivity contribution in [3.63, 3.8) is 0 Å². The number of amides is 1. The number of nitro benzene ring substituents is 1. The lowest BCUT2D eigenvalue weighted by Gasteiger charge is -2.35. The monoisotopic (exact) mass is 439 g/mol. The van der Waals surface area contributed by atoms with E-state index in [2.05, 4.69) is 5.10 Å². The molecule has 0 atom stereocenters. The summed E-state index contributed by atoms with van der Waals surface area (Å²) >= 11 is 0. The second kappa shape index (κ2) is 8.00. The van der Waals surface area contributed by atoms with E-state index in [-0.39, 0.29) is 37.4 Å². The number of nitro groups is 1. The molecule has 1 aliphatic rings. The van der Waals surface area contributed by atoms with Crippen LogP contribution in [0, 0.1) is 24.0 Å². The Morgan fingerprint density at radius 3 is 2.23 bits per heavy atom. The number of ketones is 1. The molecule has 1 aromatic heterocycles. The molecule has 3 rings (SSSR count). The van der Waals surface area contributed by atoms with Crippen molar-refractivity contribution in [1.82, 2.24) is 14.7 Å². The number of anilines is 1. The van der Waals surface area contributed by atoms with E-state index in [4.69, 9.17) is 0 Å². The Balaban J connectivity index is 1.76. The van der Waals surface area contributed by atoms with Gasteiger partial charge >= 0.3 is 6.18 Å². The highest BCUT2D eigenvalue weighted by Gasteiger charge is 2.35. The quantitative estimate of drug-likeness (QED) is 0.314. The van der Waals surface area contributed by atoms with Crippen LogP contribution in [0.5, 0.6) is 0 Å². The van der Waals surface area contributed by atoms with Crippen molar-refractivity contribution >= 4 is 23.1 Å². The lowest BCUT2D eigenvalue weighted by atomic mass is 10.1. The van der Waals surface area contributed by atoms with Gasteiger partial charge in [-0.1, -0.05) is 0 Å². The number of carbonyl (C=O) groups excluding carboxylic acids is 2. The van der Waals surface area contributed by atoms with Gasteiger partial charge in [-0.15, -0.1) is 0 Å². The van der Waals surface area contributed by atoms with E-state index in [9.17, 15) is 32.9 Å². The molecule has 0 bridgehead atoms. The number of hydrogen-bond acceptors (Lipinski definition) is 6. The minimum atomic E-state index is -4.70. The van der Waals surface area contributed by atoms with Gasteiger partial charge in [-0.3, -0.25) is 24.4 Å². The molecule has 1 aromatic carbocycles. The molecule has 9 nitrogen and oxygen atoms in total. The molecule has 31 heavy (non-hydrogen) atoms. The highest BCUT2D eigenvalue weighted by Crippen LogP contribution is 2.36. The number of rotatable bonds is 4. The minimum absolute atomic E-state index is 0.0374. The zero-order valence-corrected chi connectivity index (χ0v) is 17.1. The van der Waals surface area contributed by atoms with Crippen molar-refractivity contribution < 1.29 is 27.7 Å². The van der Waals surface area contributed by atoms with Gasteiger partial charge in [0.15, 0.2) is 0 Å². The van der Waals surface area contributed by atoms with Crippen molar-refractivity contribution in [1.29, 1.82) is 0 Å². The van der Waals surface area contributed by atoms with Crippen molar-refractivity contribution in [2.24, 2.45) is 7.05 Å². The first-order valence-corrected chi connectivity index (χ1v) is 9.36. The highest BCUT2D eigenvalue weighted by atomic mass is 19.4. The molecule has 0 aliphatic carbocycles. The van der Waals surface area contributed by atoms with Gasteiger partial charge in [-0.05, 0) is 26.0 Å². The standard InChI is InChI=1S/C19H20F3N5O4/c1-11-16(12(2)24(3)23-11)17(28)18(29)26-8-6-25(7-9-26)14-5-4-13(19(20,21)22)10-15(14)27(30)31/h4-5,10H,6-9H2,1-3H3. The average molecular weight is 439 g/mol. The van der Waals surface area contributed by atoms with Crippen LogP contribution < -0.4 is 4.90 Å². The Bertz CT molecular complexity index is 1060. The predicted octanol–water partition coefficient (Wildman–Crippen LogP) is 2.50. The number of aromatic nitrogens is 2. The Labute approximate surface area is 175 Å². The van der Waals surface area contributed by atoms with Gasteiger partial charge < -0.3 is 9.80 Å². The van der Waals surface area contributed by atoms with Crippen LogP contribution >= 0.6 is 0 Å². The maximum absolute atomic E-state index is 12.9. The van der Waals surface area contributed by atoms with Crippen LogP contribution in [0.25, 0.3) is 0 Å². The first-order valence-electron chi connectivity index (χ1n) is 9.36. The van der Waals surface area contributed by atoms with Gasteiger partial charge in [-0.25, -0.2) is 0 Å². The van der Waals surface area contributed by atoms with Gasteiger partial charge in [0.2, 0.25) is 0 Å². The maximum atomic E-state index is 12.9. The van der Waals surface area contributed by atoms with Crippen LogP contribution in [0.4, 0.5) is 24.5 Å². The molecule has 12 heteroatoms. The lowest BCUT2D eigenvalue weighted by Crippen LogP contribution is -2.50. The third kappa shape index (κ3) is 4.23. The van der Waals surface area contributed by atoms with Gasteiger partial charge in [0.05, 0.1) is 21.7 Å². The van der Waals surface area contributed by atoms with Crippen molar-refractivity contribution in [2.75, 3.05) is 31.1 Å². The fraction of sp³-hybridized carbons (Fsp3) is 0.421. The van der Waals surface area contributed by atoms with Crippen LogP contribution in [0.3, 0.4) is 0 Å². The summed E-state index contributed by atoms with van der Waals surface area (Å²) in [6.07, 6.45) is -4.70. The molecule has 0 unspecified atom stereocenters. The van der Waals surface area contributed by atoms with E-state index < -0.39 is 34.0 Å². The normalized spacial score (nSPS) is 14.6. The van der Waals surface area contributed by atoms with E-state index in [1.54, 1.807) is 20.9 Å². The fourth-order valence-corrected chi connectivity index (χ4v) is 3.62. The first-order chi connectivity index (χ1) is 14.4. The zero-order chi connectivity index (χ0) is 23.1. The minimum Gasteiger partial charge on any atom is -0.362 e. The fourth-order valence-electron chi connectivity index (χ4n) is 3.62. The molecule has 0 N–H and O–H groups in total. The number of carbonyl (C=O) groups is 2. The summed E-state index contributed by atoms with van der Waals surface area (Å²) in [7, 11) is 1.67. The second-order valence-electron chi connectivity index (χ2n) is 7.24. The number of aryl methyl sites for hydroxylation is 2. The SMILES string of the molecule is Cc1nn(C)c(C)c1C(=O)C(=O)N1CCN(c2ccc(C(F)(F)F)cc2[N+](=O)[O-])CC1. The van der Waals surface area contributed by atoms with Crippen molar-refractivity contribution in [3.8, 4) is 0 Å². The Hall–Kier alpha value is -3.44. The second-order valence-corrected chi connectivity index (χ2v) is 7.24. The topological polar surface area (TPSA) is 102 Å². The molecule has 0 radical (unpaired) electrons. The molecule has 0 spiro atoms. The van der Waals surface area contributed by atoms with E-state index in [0.29, 0.717) is 17.5 Å². The highest BCUT2D eigenvalue weighted by molar-refractivity contribution is 6.43. The molecular weight excluding hydrogens is 419 g/mol. The number of nitrogens with zero attached hydrogens (tertiary/aromatic N) is 5. The van der Waals surface area contributed by atoms with Crippen LogP contribution in [0.1, 0.15) is 27.3 Å². The number of alkyl halides is 3. The van der Waals surface area contributed by atoms with E-state index in [0.717, 1.165) is 12.1 Å². The zero-order valence-electron chi connectivity index (χ0n) is 17.1. The van der Waals surface area contributed by atoms with Crippen LogP contribution in [0.15, 0.2) is 18.2 Å². The summed E-state index contributed by atoms with van der Waals surface area (Å²) < 4.78 is 40.2. The third-order valence-electron chi connectivity index (χ3n) is 5.34. The summed E-state index contributed by atoms with van der Waals surface area (Å²) in [5.74, 6) is -1.39. The molecule has 2 aromatic rings. The average Bonchev–Trinajstić information content (AvgIpc) is 2.97. The summed E-state index contributed by atoms with van der Waals surface area (Å²) in [6.45, 7) is 3.78. The van der Waals surface area contributed by atoms with Gasteiger partial charge in [0.25, 0.3) is 17.4 Å². The molecule has 166 valence electrons. The summed E-state index contributed by atoms with van der Waals surface area (Å²) in [6, 6.07) is 2.35. The van der Waals surface area contributed by atoms with Gasteiger partial charge in [0, 0.05) is 45.0 Å². The number of benzene rings is 1. The molecule has 1 saturated heterocycles. The molecule has 0 saturated carbocycles. The van der Waals surface area contributed by atoms with E-state index in [1.807, 2.05) is 0 Å². The summed E-state index contributed by atoms with van der Waals surface area (Å²) in [5, 5.41) is 15.5. The lowest BCUT2D eigenvalue weighted by molar-refractivity contribution is -0.384. The Kier molecular flexibility index (Phi) is 5.74. The van der Waals surface area contributed by atoms with Gasteiger partial charge in [0.1, 0.15) is 5.69 Å². The maximum Gasteiger partial charge on any atom is 0.416 e. The Morgan fingerprint density at radius 2 is 1.74 bits per heavy atom. The molecule has 1 amide bonds. The van der Waals surface area contributed by atoms with E-state index in [1.165, 1.54) is 14.5 Å².